The fourth-order valence-corrected chi connectivity index (χ4v) is 2.76. The van der Waals surface area contributed by atoms with Crippen LogP contribution in [-0.4, -0.2) is 25.2 Å². The molecule has 0 saturated carbocycles. The third-order valence-corrected chi connectivity index (χ3v) is 3.66. The average Bonchev–Trinajstić information content (AvgIpc) is 2.40. The lowest BCUT2D eigenvalue weighted by molar-refractivity contribution is 0.416. The highest BCUT2D eigenvalue weighted by Gasteiger charge is 2.24. The molecule has 1 aromatic carbocycles. The number of hydrogen-bond donors (Lipinski definition) is 1. The van der Waals surface area contributed by atoms with E-state index >= 15 is 0 Å². The molecule has 1 aliphatic heterocycles. The molecule has 0 aliphatic carbocycles. The van der Waals surface area contributed by atoms with E-state index in [1.807, 2.05) is 0 Å². The molecular formula is C13H19BrN2. The average molecular weight is 283 g/mol. The molecule has 1 aromatic rings. The van der Waals surface area contributed by atoms with Gasteiger partial charge in [0.15, 0.2) is 0 Å². The van der Waals surface area contributed by atoms with Gasteiger partial charge < -0.3 is 10.2 Å². The molecule has 0 spiro atoms. The molecule has 3 heteroatoms. The highest BCUT2D eigenvalue weighted by molar-refractivity contribution is 9.10. The van der Waals surface area contributed by atoms with E-state index in [2.05, 4.69) is 64.3 Å². The normalized spacial score (nSPS) is 20.6. The van der Waals surface area contributed by atoms with Crippen LogP contribution in [0.25, 0.3) is 0 Å². The van der Waals surface area contributed by atoms with Crippen LogP contribution in [0.2, 0.25) is 0 Å². The Bertz CT molecular complexity index is 363. The summed E-state index contributed by atoms with van der Waals surface area (Å²) in [5.41, 5.74) is 1.49. The van der Waals surface area contributed by atoms with Crippen molar-refractivity contribution in [3.8, 4) is 0 Å². The van der Waals surface area contributed by atoms with Gasteiger partial charge in [-0.2, -0.15) is 0 Å². The molecule has 1 fully saturated rings. The monoisotopic (exact) mass is 282 g/mol. The molecule has 1 N–H and O–H groups in total. The van der Waals surface area contributed by atoms with Gasteiger partial charge in [0.25, 0.3) is 0 Å². The topological polar surface area (TPSA) is 15.3 Å². The highest BCUT2D eigenvalue weighted by atomic mass is 79.9. The lowest BCUT2D eigenvalue weighted by Gasteiger charge is -2.32. The Labute approximate surface area is 106 Å². The minimum absolute atomic E-state index is 0.186. The van der Waals surface area contributed by atoms with Gasteiger partial charge in [-0.3, -0.25) is 0 Å². The Hall–Kier alpha value is -0.540. The quantitative estimate of drug-likeness (QED) is 0.852. The fourth-order valence-electron chi connectivity index (χ4n) is 2.22. The van der Waals surface area contributed by atoms with Gasteiger partial charge in [-0.25, -0.2) is 0 Å². The van der Waals surface area contributed by atoms with Crippen LogP contribution in [0.4, 0.5) is 5.69 Å². The number of anilines is 1. The highest BCUT2D eigenvalue weighted by Crippen LogP contribution is 2.27. The number of nitrogens with zero attached hydrogens (tertiary/aromatic N) is 1. The van der Waals surface area contributed by atoms with Gasteiger partial charge in [-0.15, -0.1) is 0 Å². The summed E-state index contributed by atoms with van der Waals surface area (Å²) in [7, 11) is 0. The Balaban J connectivity index is 2.23. The van der Waals surface area contributed by atoms with Gasteiger partial charge in [-0.05, 0) is 54.9 Å². The minimum atomic E-state index is 0.186. The molecule has 88 valence electrons. The Morgan fingerprint density at radius 3 is 2.81 bits per heavy atom. The second kappa shape index (κ2) is 4.76. The van der Waals surface area contributed by atoms with E-state index in [1.165, 1.54) is 16.6 Å². The number of hydrogen-bond acceptors (Lipinski definition) is 2. The van der Waals surface area contributed by atoms with E-state index in [4.69, 9.17) is 0 Å². The number of benzene rings is 1. The molecule has 1 aliphatic rings. The van der Waals surface area contributed by atoms with E-state index in [0.717, 1.165) is 19.6 Å². The van der Waals surface area contributed by atoms with Crippen molar-refractivity contribution < 1.29 is 0 Å². The minimum Gasteiger partial charge on any atom is -0.369 e. The molecule has 0 unspecified atom stereocenters. The van der Waals surface area contributed by atoms with E-state index in [0.29, 0.717) is 0 Å². The second-order valence-corrected chi connectivity index (χ2v) is 5.89. The van der Waals surface area contributed by atoms with Crippen LogP contribution in [0.5, 0.6) is 0 Å². The summed E-state index contributed by atoms with van der Waals surface area (Å²) in [6.45, 7) is 7.81. The Morgan fingerprint density at radius 1 is 1.31 bits per heavy atom. The van der Waals surface area contributed by atoms with Crippen LogP contribution in [0.3, 0.4) is 0 Å². The van der Waals surface area contributed by atoms with E-state index in [-0.39, 0.29) is 5.54 Å². The molecule has 0 atom stereocenters. The smallest absolute Gasteiger partial charge is 0.0511 e. The van der Waals surface area contributed by atoms with Crippen molar-refractivity contribution in [3.05, 3.63) is 28.7 Å². The summed E-state index contributed by atoms with van der Waals surface area (Å²) in [5.74, 6) is 0. The van der Waals surface area contributed by atoms with Gasteiger partial charge in [-0.1, -0.05) is 12.1 Å². The van der Waals surface area contributed by atoms with Gasteiger partial charge in [0, 0.05) is 23.1 Å². The Kier molecular flexibility index (Phi) is 3.55. The van der Waals surface area contributed by atoms with E-state index < -0.39 is 0 Å². The summed E-state index contributed by atoms with van der Waals surface area (Å²) >= 11 is 3.63. The fraction of sp³-hybridized carbons (Fsp3) is 0.538. The van der Waals surface area contributed by atoms with Crippen molar-refractivity contribution in [1.29, 1.82) is 0 Å². The first kappa shape index (κ1) is 11.9. The zero-order chi connectivity index (χ0) is 11.6. The summed E-state index contributed by atoms with van der Waals surface area (Å²) < 4.78 is 1.19. The molecule has 1 saturated heterocycles. The number of para-hydroxylation sites is 1. The van der Waals surface area contributed by atoms with Gasteiger partial charge >= 0.3 is 0 Å². The molecule has 16 heavy (non-hydrogen) atoms. The first-order valence-electron chi connectivity index (χ1n) is 5.83. The van der Waals surface area contributed by atoms with Crippen molar-refractivity contribution in [2.75, 3.05) is 24.5 Å². The van der Waals surface area contributed by atoms with Gasteiger partial charge in [0.1, 0.15) is 0 Å². The molecule has 0 aromatic heterocycles. The van der Waals surface area contributed by atoms with Crippen molar-refractivity contribution in [1.82, 2.24) is 5.32 Å². The molecular weight excluding hydrogens is 264 g/mol. The lowest BCUT2D eigenvalue weighted by atomic mass is 10.1. The second-order valence-electron chi connectivity index (χ2n) is 5.04. The molecule has 0 radical (unpaired) electrons. The van der Waals surface area contributed by atoms with Crippen LogP contribution in [0, 0.1) is 0 Å². The predicted molar refractivity (Wildman–Crippen MR) is 73.1 cm³/mol. The molecule has 2 rings (SSSR count). The first-order valence-corrected chi connectivity index (χ1v) is 6.62. The SMILES string of the molecule is CC1(C)CN(c2ccccc2Br)CCCN1. The van der Waals surface area contributed by atoms with Gasteiger partial charge in [0.2, 0.25) is 0 Å². The van der Waals surface area contributed by atoms with Crippen LogP contribution in [-0.2, 0) is 0 Å². The molecule has 1 heterocycles. The standard InChI is InChI=1S/C13H19BrN2/c1-13(2)10-16(9-5-8-15-13)12-7-4-3-6-11(12)14/h3-4,6-7,15H,5,8-10H2,1-2H3. The molecule has 0 bridgehead atoms. The molecule has 0 amide bonds. The summed E-state index contributed by atoms with van der Waals surface area (Å²) in [5, 5.41) is 3.58. The van der Waals surface area contributed by atoms with Crippen molar-refractivity contribution >= 4 is 21.6 Å². The van der Waals surface area contributed by atoms with E-state index in [1.54, 1.807) is 0 Å². The third-order valence-electron chi connectivity index (χ3n) is 2.99. The number of halogens is 1. The Morgan fingerprint density at radius 2 is 2.06 bits per heavy atom. The number of rotatable bonds is 1. The van der Waals surface area contributed by atoms with Crippen molar-refractivity contribution in [2.45, 2.75) is 25.8 Å². The molecule has 2 nitrogen and oxygen atoms in total. The maximum absolute atomic E-state index is 3.63. The zero-order valence-electron chi connectivity index (χ0n) is 9.96. The van der Waals surface area contributed by atoms with Crippen molar-refractivity contribution in [2.24, 2.45) is 0 Å². The summed E-state index contributed by atoms with van der Waals surface area (Å²) in [6.07, 6.45) is 1.20. The lowest BCUT2D eigenvalue weighted by Crippen LogP contribution is -2.46. The third kappa shape index (κ3) is 2.77. The van der Waals surface area contributed by atoms with Crippen LogP contribution in [0.15, 0.2) is 28.7 Å². The summed E-state index contributed by atoms with van der Waals surface area (Å²) in [4.78, 5) is 2.46. The van der Waals surface area contributed by atoms with Crippen molar-refractivity contribution in [3.63, 3.8) is 0 Å². The zero-order valence-corrected chi connectivity index (χ0v) is 11.5. The first-order chi connectivity index (χ1) is 7.58. The largest absolute Gasteiger partial charge is 0.369 e. The summed E-state index contributed by atoms with van der Waals surface area (Å²) in [6, 6.07) is 8.46. The van der Waals surface area contributed by atoms with Crippen LogP contribution in [0.1, 0.15) is 20.3 Å². The van der Waals surface area contributed by atoms with E-state index in [9.17, 15) is 0 Å². The number of nitrogens with one attached hydrogen (secondary N) is 1. The predicted octanol–water partition coefficient (Wildman–Crippen LogP) is 3.03. The maximum atomic E-state index is 3.63. The van der Waals surface area contributed by atoms with Crippen LogP contribution < -0.4 is 10.2 Å². The van der Waals surface area contributed by atoms with Gasteiger partial charge in [0.05, 0.1) is 5.69 Å². The maximum Gasteiger partial charge on any atom is 0.0511 e. The van der Waals surface area contributed by atoms with Crippen LogP contribution >= 0.6 is 15.9 Å².